The van der Waals surface area contributed by atoms with Crippen LogP contribution in [0.15, 0.2) is 48.5 Å². The molecule has 3 heteroatoms. The van der Waals surface area contributed by atoms with Crippen LogP contribution in [-0.4, -0.2) is 4.98 Å². The Bertz CT molecular complexity index is 686. The van der Waals surface area contributed by atoms with Gasteiger partial charge in [-0.1, -0.05) is 12.1 Å². The first-order chi connectivity index (χ1) is 8.22. The van der Waals surface area contributed by atoms with Crippen molar-refractivity contribution in [2.75, 3.05) is 0 Å². The fourth-order valence-corrected chi connectivity index (χ4v) is 1.91. The Morgan fingerprint density at radius 3 is 2.47 bits per heavy atom. The summed E-state index contributed by atoms with van der Waals surface area (Å²) < 4.78 is 26.1. The van der Waals surface area contributed by atoms with E-state index in [0.717, 1.165) is 16.6 Å². The molecule has 0 aliphatic carbocycles. The molecule has 0 fully saturated rings. The monoisotopic (exact) mass is 229 g/mol. The van der Waals surface area contributed by atoms with E-state index in [2.05, 4.69) is 4.98 Å². The molecule has 3 aromatic rings. The van der Waals surface area contributed by atoms with Crippen LogP contribution < -0.4 is 0 Å². The summed E-state index contributed by atoms with van der Waals surface area (Å²) in [6.07, 6.45) is 0. The lowest BCUT2D eigenvalue weighted by atomic mass is 10.1. The highest BCUT2D eigenvalue weighted by Gasteiger charge is 2.04. The lowest BCUT2D eigenvalue weighted by Crippen LogP contribution is -1.79. The highest BCUT2D eigenvalue weighted by molar-refractivity contribution is 5.85. The summed E-state index contributed by atoms with van der Waals surface area (Å²) in [6.45, 7) is 0. The smallest absolute Gasteiger partial charge is 0.125 e. The minimum Gasteiger partial charge on any atom is -0.354 e. The van der Waals surface area contributed by atoms with E-state index in [1.54, 1.807) is 12.1 Å². The Kier molecular flexibility index (Phi) is 2.18. The van der Waals surface area contributed by atoms with Crippen molar-refractivity contribution < 1.29 is 8.78 Å². The molecule has 1 N–H and O–H groups in total. The maximum Gasteiger partial charge on any atom is 0.125 e. The van der Waals surface area contributed by atoms with E-state index in [4.69, 9.17) is 0 Å². The van der Waals surface area contributed by atoms with Crippen LogP contribution in [-0.2, 0) is 0 Å². The van der Waals surface area contributed by atoms with Crippen LogP contribution in [0.1, 0.15) is 0 Å². The molecule has 0 saturated carbocycles. The molecule has 2 aromatic carbocycles. The molecule has 1 heterocycles. The van der Waals surface area contributed by atoms with Crippen LogP contribution in [0.2, 0.25) is 0 Å². The van der Waals surface area contributed by atoms with Crippen molar-refractivity contribution in [3.8, 4) is 11.3 Å². The minimum atomic E-state index is -0.287. The van der Waals surface area contributed by atoms with E-state index < -0.39 is 0 Å². The van der Waals surface area contributed by atoms with Crippen molar-refractivity contribution in [2.24, 2.45) is 0 Å². The van der Waals surface area contributed by atoms with Gasteiger partial charge >= 0.3 is 0 Å². The molecule has 0 atom stereocenters. The number of benzene rings is 2. The van der Waals surface area contributed by atoms with Gasteiger partial charge in [0.1, 0.15) is 11.6 Å². The van der Waals surface area contributed by atoms with Gasteiger partial charge < -0.3 is 4.98 Å². The van der Waals surface area contributed by atoms with E-state index in [9.17, 15) is 8.78 Å². The largest absolute Gasteiger partial charge is 0.354 e. The summed E-state index contributed by atoms with van der Waals surface area (Å²) in [5, 5.41) is 0.908. The van der Waals surface area contributed by atoms with E-state index in [0.29, 0.717) is 5.52 Å². The maximum atomic E-state index is 13.1. The number of halogens is 2. The van der Waals surface area contributed by atoms with E-state index in [-0.39, 0.29) is 11.6 Å². The normalized spacial score (nSPS) is 10.9. The second-order valence-electron chi connectivity index (χ2n) is 3.92. The first-order valence-corrected chi connectivity index (χ1v) is 5.26. The van der Waals surface area contributed by atoms with Gasteiger partial charge in [-0.05, 0) is 36.4 Å². The Balaban J connectivity index is 2.18. The van der Waals surface area contributed by atoms with Crippen molar-refractivity contribution in [3.63, 3.8) is 0 Å². The third-order valence-electron chi connectivity index (χ3n) is 2.72. The van der Waals surface area contributed by atoms with Gasteiger partial charge in [-0.25, -0.2) is 8.78 Å². The molecule has 1 aromatic heterocycles. The third-order valence-corrected chi connectivity index (χ3v) is 2.72. The maximum absolute atomic E-state index is 13.1. The van der Waals surface area contributed by atoms with Crippen molar-refractivity contribution in [1.29, 1.82) is 0 Å². The van der Waals surface area contributed by atoms with Crippen LogP contribution in [0, 0.1) is 11.6 Å². The average Bonchev–Trinajstić information content (AvgIpc) is 2.72. The van der Waals surface area contributed by atoms with Crippen molar-refractivity contribution in [2.45, 2.75) is 0 Å². The molecule has 1 nitrogen and oxygen atoms in total. The van der Waals surface area contributed by atoms with Crippen LogP contribution in [0.25, 0.3) is 22.2 Å². The number of hydrogen-bond donors (Lipinski definition) is 1. The molecule has 0 saturated heterocycles. The van der Waals surface area contributed by atoms with Gasteiger partial charge in [-0.15, -0.1) is 0 Å². The fourth-order valence-electron chi connectivity index (χ4n) is 1.91. The van der Waals surface area contributed by atoms with E-state index in [1.165, 1.54) is 24.3 Å². The predicted octanol–water partition coefficient (Wildman–Crippen LogP) is 4.11. The van der Waals surface area contributed by atoms with Crippen molar-refractivity contribution in [3.05, 3.63) is 60.2 Å². The molecule has 3 rings (SSSR count). The first-order valence-electron chi connectivity index (χ1n) is 5.26. The highest BCUT2D eigenvalue weighted by Crippen LogP contribution is 2.24. The van der Waals surface area contributed by atoms with Crippen molar-refractivity contribution >= 4 is 10.9 Å². The fraction of sp³-hybridized carbons (Fsp3) is 0. The van der Waals surface area contributed by atoms with Crippen LogP contribution in [0.3, 0.4) is 0 Å². The van der Waals surface area contributed by atoms with E-state index in [1.807, 2.05) is 12.1 Å². The molecule has 0 aliphatic heterocycles. The molecule has 0 bridgehead atoms. The Hall–Kier alpha value is -2.16. The zero-order valence-electron chi connectivity index (χ0n) is 8.87. The van der Waals surface area contributed by atoms with Gasteiger partial charge in [0, 0.05) is 22.2 Å². The second kappa shape index (κ2) is 3.70. The summed E-state index contributed by atoms with van der Waals surface area (Å²) >= 11 is 0. The van der Waals surface area contributed by atoms with Crippen LogP contribution >= 0.6 is 0 Å². The minimum absolute atomic E-state index is 0.285. The first kappa shape index (κ1) is 10.0. The summed E-state index contributed by atoms with van der Waals surface area (Å²) in [6, 6.07) is 12.7. The standard InChI is InChI=1S/C14H9F2N/c15-11-3-1-2-9(6-11)13-7-10-4-5-12(16)8-14(10)17-13/h1-8,17H. The Morgan fingerprint density at radius 1 is 0.824 bits per heavy atom. The SMILES string of the molecule is Fc1cccc(-c2cc3ccc(F)cc3[nH]2)c1. The quantitative estimate of drug-likeness (QED) is 0.646. The number of rotatable bonds is 1. The van der Waals surface area contributed by atoms with Gasteiger partial charge in [0.2, 0.25) is 0 Å². The average molecular weight is 229 g/mol. The number of fused-ring (bicyclic) bond motifs is 1. The second-order valence-corrected chi connectivity index (χ2v) is 3.92. The number of H-pyrrole nitrogens is 1. The zero-order valence-corrected chi connectivity index (χ0v) is 8.87. The third kappa shape index (κ3) is 1.80. The molecule has 84 valence electrons. The highest BCUT2D eigenvalue weighted by atomic mass is 19.1. The molecule has 0 spiro atoms. The summed E-state index contributed by atoms with van der Waals surface area (Å²) in [7, 11) is 0. The van der Waals surface area contributed by atoms with Gasteiger partial charge in [-0.3, -0.25) is 0 Å². The van der Waals surface area contributed by atoms with E-state index >= 15 is 0 Å². The molecular weight excluding hydrogens is 220 g/mol. The number of hydrogen-bond acceptors (Lipinski definition) is 0. The lowest BCUT2D eigenvalue weighted by Gasteiger charge is -1.96. The number of aromatic nitrogens is 1. The summed E-state index contributed by atoms with van der Waals surface area (Å²) in [4.78, 5) is 3.07. The van der Waals surface area contributed by atoms with Crippen LogP contribution in [0.5, 0.6) is 0 Å². The molecule has 0 amide bonds. The Labute approximate surface area is 96.7 Å². The predicted molar refractivity (Wildman–Crippen MR) is 63.7 cm³/mol. The molecule has 0 unspecified atom stereocenters. The van der Waals surface area contributed by atoms with Gasteiger partial charge in [-0.2, -0.15) is 0 Å². The molecule has 0 radical (unpaired) electrons. The molecular formula is C14H9F2N. The van der Waals surface area contributed by atoms with Crippen LogP contribution in [0.4, 0.5) is 8.78 Å². The zero-order chi connectivity index (χ0) is 11.8. The Morgan fingerprint density at radius 2 is 1.65 bits per heavy atom. The molecule has 0 aliphatic rings. The molecule has 17 heavy (non-hydrogen) atoms. The van der Waals surface area contributed by atoms with Gasteiger partial charge in [0.15, 0.2) is 0 Å². The number of nitrogens with one attached hydrogen (secondary N) is 1. The lowest BCUT2D eigenvalue weighted by molar-refractivity contribution is 0.628. The van der Waals surface area contributed by atoms with Gasteiger partial charge in [0.25, 0.3) is 0 Å². The summed E-state index contributed by atoms with van der Waals surface area (Å²) in [5.41, 5.74) is 2.25. The van der Waals surface area contributed by atoms with Crippen molar-refractivity contribution in [1.82, 2.24) is 4.98 Å². The topological polar surface area (TPSA) is 15.8 Å². The number of aromatic amines is 1. The van der Waals surface area contributed by atoms with Gasteiger partial charge in [0.05, 0.1) is 0 Å². The summed E-state index contributed by atoms with van der Waals surface area (Å²) in [5.74, 6) is -0.572.